The molecule has 0 aromatic heterocycles. The Labute approximate surface area is 172 Å². The lowest BCUT2D eigenvalue weighted by Crippen LogP contribution is -2.45. The average molecular weight is 399 g/mol. The minimum absolute atomic E-state index is 0.747. The van der Waals surface area contributed by atoms with Crippen LogP contribution in [0.4, 0.5) is 0 Å². The molecule has 0 bridgehead atoms. The molecule has 7 heteroatoms. The SMILES string of the molecule is COc1cc2ccc(CNC3=NCCN3CCN3CCOCC3)cc2cc1OC. The Morgan fingerprint density at radius 3 is 2.48 bits per heavy atom. The van der Waals surface area contributed by atoms with E-state index in [-0.39, 0.29) is 0 Å². The van der Waals surface area contributed by atoms with E-state index in [2.05, 4.69) is 38.3 Å². The maximum atomic E-state index is 5.44. The third-order valence-electron chi connectivity index (χ3n) is 5.58. The molecule has 0 saturated carbocycles. The first-order valence-electron chi connectivity index (χ1n) is 10.2. The molecular formula is C22H30N4O3. The Morgan fingerprint density at radius 1 is 0.966 bits per heavy atom. The molecule has 1 saturated heterocycles. The van der Waals surface area contributed by atoms with Crippen molar-refractivity contribution in [3.63, 3.8) is 0 Å². The Morgan fingerprint density at radius 2 is 1.72 bits per heavy atom. The minimum Gasteiger partial charge on any atom is -0.493 e. The molecule has 2 aromatic rings. The Balaban J connectivity index is 1.36. The second-order valence-corrected chi connectivity index (χ2v) is 7.39. The van der Waals surface area contributed by atoms with Crippen molar-refractivity contribution in [1.82, 2.24) is 15.1 Å². The molecule has 4 rings (SSSR count). The maximum Gasteiger partial charge on any atom is 0.194 e. The predicted molar refractivity (Wildman–Crippen MR) is 115 cm³/mol. The number of methoxy groups -OCH3 is 2. The Hall–Kier alpha value is -2.51. The van der Waals surface area contributed by atoms with Crippen molar-refractivity contribution >= 4 is 16.7 Å². The number of benzene rings is 2. The second-order valence-electron chi connectivity index (χ2n) is 7.39. The number of aliphatic imine (C=N–C) groups is 1. The van der Waals surface area contributed by atoms with E-state index in [1.54, 1.807) is 14.2 Å². The smallest absolute Gasteiger partial charge is 0.194 e. The van der Waals surface area contributed by atoms with Crippen LogP contribution in [0.1, 0.15) is 5.56 Å². The second kappa shape index (κ2) is 9.33. The molecular weight excluding hydrogens is 368 g/mol. The van der Waals surface area contributed by atoms with E-state index >= 15 is 0 Å². The number of guanidine groups is 1. The molecule has 156 valence electrons. The highest BCUT2D eigenvalue weighted by Crippen LogP contribution is 2.32. The zero-order valence-corrected chi connectivity index (χ0v) is 17.3. The summed E-state index contributed by atoms with van der Waals surface area (Å²) in [4.78, 5) is 9.47. The summed E-state index contributed by atoms with van der Waals surface area (Å²) in [6, 6.07) is 10.5. The number of nitrogens with zero attached hydrogens (tertiary/aromatic N) is 3. The van der Waals surface area contributed by atoms with Gasteiger partial charge in [0, 0.05) is 39.3 Å². The summed E-state index contributed by atoms with van der Waals surface area (Å²) < 4.78 is 16.3. The van der Waals surface area contributed by atoms with Gasteiger partial charge >= 0.3 is 0 Å². The summed E-state index contributed by atoms with van der Waals surface area (Å²) in [6.45, 7) is 8.40. The highest BCUT2D eigenvalue weighted by Gasteiger charge is 2.18. The van der Waals surface area contributed by atoms with Crippen LogP contribution in [0.2, 0.25) is 0 Å². The number of fused-ring (bicyclic) bond motifs is 1. The molecule has 0 spiro atoms. The van der Waals surface area contributed by atoms with E-state index in [1.807, 2.05) is 12.1 Å². The van der Waals surface area contributed by atoms with Crippen molar-refractivity contribution < 1.29 is 14.2 Å². The van der Waals surface area contributed by atoms with E-state index < -0.39 is 0 Å². The van der Waals surface area contributed by atoms with Crippen molar-refractivity contribution in [3.8, 4) is 11.5 Å². The maximum absolute atomic E-state index is 5.44. The number of hydrogen-bond acceptors (Lipinski definition) is 7. The van der Waals surface area contributed by atoms with Crippen LogP contribution in [0, 0.1) is 0 Å². The van der Waals surface area contributed by atoms with E-state index in [4.69, 9.17) is 14.2 Å². The van der Waals surface area contributed by atoms with Crippen LogP contribution >= 0.6 is 0 Å². The van der Waals surface area contributed by atoms with Gasteiger partial charge in [0.2, 0.25) is 0 Å². The van der Waals surface area contributed by atoms with Gasteiger partial charge in [-0.2, -0.15) is 0 Å². The van der Waals surface area contributed by atoms with Gasteiger partial charge < -0.3 is 24.4 Å². The number of rotatable bonds is 7. The van der Waals surface area contributed by atoms with Gasteiger partial charge in [0.05, 0.1) is 34.0 Å². The first-order chi connectivity index (χ1) is 14.3. The average Bonchev–Trinajstić information content (AvgIpc) is 3.23. The first-order valence-corrected chi connectivity index (χ1v) is 10.2. The van der Waals surface area contributed by atoms with Gasteiger partial charge in [-0.15, -0.1) is 0 Å². The molecule has 7 nitrogen and oxygen atoms in total. The van der Waals surface area contributed by atoms with Crippen LogP contribution in [0.3, 0.4) is 0 Å². The van der Waals surface area contributed by atoms with Crippen LogP contribution in [-0.4, -0.2) is 82.5 Å². The van der Waals surface area contributed by atoms with Crippen LogP contribution in [0.15, 0.2) is 35.3 Å². The number of ether oxygens (including phenoxy) is 3. The molecule has 0 aliphatic carbocycles. The third-order valence-corrected chi connectivity index (χ3v) is 5.58. The van der Waals surface area contributed by atoms with E-state index in [0.717, 1.165) is 87.3 Å². The normalized spacial score (nSPS) is 17.4. The van der Waals surface area contributed by atoms with Gasteiger partial charge in [0.25, 0.3) is 0 Å². The standard InChI is InChI=1S/C22H30N4O3/c1-27-20-14-18-4-3-17(13-19(18)15-21(20)28-2)16-24-22-23-5-6-26(22)8-7-25-9-11-29-12-10-25/h3-4,13-15H,5-12,16H2,1-2H3,(H,23,24). The minimum atomic E-state index is 0.747. The van der Waals surface area contributed by atoms with E-state index in [0.29, 0.717) is 0 Å². The molecule has 1 N–H and O–H groups in total. The summed E-state index contributed by atoms with van der Waals surface area (Å²) in [6.07, 6.45) is 0. The van der Waals surface area contributed by atoms with Crippen molar-refractivity contribution in [2.45, 2.75) is 6.54 Å². The number of morpholine rings is 1. The van der Waals surface area contributed by atoms with E-state index in [1.165, 1.54) is 5.56 Å². The highest BCUT2D eigenvalue weighted by atomic mass is 16.5. The van der Waals surface area contributed by atoms with Crippen LogP contribution in [0.25, 0.3) is 10.8 Å². The van der Waals surface area contributed by atoms with Gasteiger partial charge in [-0.3, -0.25) is 9.89 Å². The van der Waals surface area contributed by atoms with Gasteiger partial charge in [0.15, 0.2) is 17.5 Å². The lowest BCUT2D eigenvalue weighted by Gasteiger charge is -2.29. The molecule has 2 heterocycles. The quantitative estimate of drug-likeness (QED) is 0.769. The summed E-state index contributed by atoms with van der Waals surface area (Å²) in [5.74, 6) is 2.51. The molecule has 2 aliphatic heterocycles. The van der Waals surface area contributed by atoms with Crippen LogP contribution in [0.5, 0.6) is 11.5 Å². The summed E-state index contributed by atoms with van der Waals surface area (Å²) in [5.41, 5.74) is 1.22. The topological polar surface area (TPSA) is 58.6 Å². The van der Waals surface area contributed by atoms with Crippen LogP contribution < -0.4 is 14.8 Å². The Bertz CT molecular complexity index is 865. The first kappa shape index (κ1) is 19.8. The largest absolute Gasteiger partial charge is 0.493 e. The zero-order chi connectivity index (χ0) is 20.1. The monoisotopic (exact) mass is 398 g/mol. The predicted octanol–water partition coefficient (Wildman–Crippen LogP) is 1.95. The van der Waals surface area contributed by atoms with Crippen molar-refractivity contribution in [3.05, 3.63) is 35.9 Å². The molecule has 2 aromatic carbocycles. The van der Waals surface area contributed by atoms with E-state index in [9.17, 15) is 0 Å². The van der Waals surface area contributed by atoms with Crippen molar-refractivity contribution in [1.29, 1.82) is 0 Å². The fraction of sp³-hybridized carbons (Fsp3) is 0.500. The molecule has 2 aliphatic rings. The number of hydrogen-bond donors (Lipinski definition) is 1. The van der Waals surface area contributed by atoms with Gasteiger partial charge in [-0.1, -0.05) is 12.1 Å². The summed E-state index contributed by atoms with van der Waals surface area (Å²) in [7, 11) is 3.33. The molecule has 0 radical (unpaired) electrons. The highest BCUT2D eigenvalue weighted by molar-refractivity contribution is 5.87. The molecule has 1 fully saturated rings. The number of nitrogens with one attached hydrogen (secondary N) is 1. The van der Waals surface area contributed by atoms with Gasteiger partial charge in [-0.25, -0.2) is 0 Å². The summed E-state index contributed by atoms with van der Waals surface area (Å²) in [5, 5.41) is 5.80. The van der Waals surface area contributed by atoms with Crippen LogP contribution in [-0.2, 0) is 11.3 Å². The van der Waals surface area contributed by atoms with Gasteiger partial charge in [-0.05, 0) is 34.5 Å². The molecule has 0 atom stereocenters. The lowest BCUT2D eigenvalue weighted by atomic mass is 10.1. The summed E-state index contributed by atoms with van der Waals surface area (Å²) >= 11 is 0. The Kier molecular flexibility index (Phi) is 6.36. The molecule has 0 amide bonds. The van der Waals surface area contributed by atoms with Crippen molar-refractivity contribution in [2.75, 3.05) is 66.7 Å². The zero-order valence-electron chi connectivity index (χ0n) is 17.3. The molecule has 29 heavy (non-hydrogen) atoms. The lowest BCUT2D eigenvalue weighted by molar-refractivity contribution is 0.0361. The fourth-order valence-corrected chi connectivity index (χ4v) is 3.87. The third kappa shape index (κ3) is 4.74. The van der Waals surface area contributed by atoms with Crippen molar-refractivity contribution in [2.24, 2.45) is 4.99 Å². The van der Waals surface area contributed by atoms with Gasteiger partial charge in [0.1, 0.15) is 0 Å². The molecule has 0 unspecified atom stereocenters. The fourth-order valence-electron chi connectivity index (χ4n) is 3.87.